The summed E-state index contributed by atoms with van der Waals surface area (Å²) in [6.07, 6.45) is 14.2. The standard InChI is InChI=1S/C24H34N6O/c1-28-17-20(21-10-11-25-24(26-21)29-12-4-5-13-29)23(27-28)19-9-6-14-30(16-19)22(31)15-18-7-2-3-8-18/h10-11,17-19H,2-9,12-16H2,1H3/t19-/m1/s1. The molecule has 3 aliphatic rings. The molecule has 0 spiro atoms. The highest BCUT2D eigenvalue weighted by Gasteiger charge is 2.30. The Labute approximate surface area is 184 Å². The first-order chi connectivity index (χ1) is 15.2. The highest BCUT2D eigenvalue weighted by molar-refractivity contribution is 5.76. The zero-order valence-electron chi connectivity index (χ0n) is 18.7. The van der Waals surface area contributed by atoms with Crippen LogP contribution < -0.4 is 4.90 Å². The van der Waals surface area contributed by atoms with Gasteiger partial charge >= 0.3 is 0 Å². The van der Waals surface area contributed by atoms with Gasteiger partial charge in [0.15, 0.2) is 0 Å². The highest BCUT2D eigenvalue weighted by Crippen LogP contribution is 2.34. The molecule has 0 N–H and O–H groups in total. The monoisotopic (exact) mass is 422 g/mol. The molecule has 2 aliphatic heterocycles. The predicted molar refractivity (Wildman–Crippen MR) is 121 cm³/mol. The van der Waals surface area contributed by atoms with Gasteiger partial charge in [-0.2, -0.15) is 5.10 Å². The maximum atomic E-state index is 13.0. The number of nitrogens with zero attached hydrogens (tertiary/aromatic N) is 6. The van der Waals surface area contributed by atoms with Gasteiger partial charge in [0.2, 0.25) is 11.9 Å². The summed E-state index contributed by atoms with van der Waals surface area (Å²) in [7, 11) is 1.97. The van der Waals surface area contributed by atoms with Crippen LogP contribution >= 0.6 is 0 Å². The second-order valence-electron chi connectivity index (χ2n) is 9.57. The Morgan fingerprint density at radius 1 is 1.06 bits per heavy atom. The third-order valence-electron chi connectivity index (χ3n) is 7.26. The van der Waals surface area contributed by atoms with Gasteiger partial charge in [0.25, 0.3) is 0 Å². The van der Waals surface area contributed by atoms with Crippen molar-refractivity contribution in [3.63, 3.8) is 0 Å². The van der Waals surface area contributed by atoms with E-state index in [0.717, 1.165) is 68.3 Å². The number of aromatic nitrogens is 4. The van der Waals surface area contributed by atoms with Gasteiger partial charge < -0.3 is 9.80 Å². The van der Waals surface area contributed by atoms with E-state index in [1.54, 1.807) is 0 Å². The molecule has 2 aromatic heterocycles. The van der Waals surface area contributed by atoms with Crippen molar-refractivity contribution in [3.8, 4) is 11.3 Å². The summed E-state index contributed by atoms with van der Waals surface area (Å²) in [6.45, 7) is 3.73. The second kappa shape index (κ2) is 8.97. The van der Waals surface area contributed by atoms with Crippen LogP contribution in [0.15, 0.2) is 18.5 Å². The lowest BCUT2D eigenvalue weighted by atomic mass is 9.91. The van der Waals surface area contributed by atoms with Crippen LogP contribution in [0, 0.1) is 5.92 Å². The summed E-state index contributed by atoms with van der Waals surface area (Å²) < 4.78 is 1.89. The summed E-state index contributed by atoms with van der Waals surface area (Å²) in [4.78, 5) is 26.7. The van der Waals surface area contributed by atoms with Crippen LogP contribution in [0.25, 0.3) is 11.3 Å². The van der Waals surface area contributed by atoms with Crippen LogP contribution in [0.5, 0.6) is 0 Å². The van der Waals surface area contributed by atoms with Gasteiger partial charge in [-0.1, -0.05) is 12.8 Å². The molecule has 5 rings (SSSR count). The molecule has 4 heterocycles. The quantitative estimate of drug-likeness (QED) is 0.734. The number of carbonyl (C=O) groups is 1. The van der Waals surface area contributed by atoms with Gasteiger partial charge in [0, 0.05) is 63.5 Å². The van der Waals surface area contributed by atoms with Gasteiger partial charge in [-0.15, -0.1) is 0 Å². The van der Waals surface area contributed by atoms with Gasteiger partial charge in [-0.25, -0.2) is 9.97 Å². The van der Waals surface area contributed by atoms with Crippen LogP contribution in [0.2, 0.25) is 0 Å². The summed E-state index contributed by atoms with van der Waals surface area (Å²) >= 11 is 0. The van der Waals surface area contributed by atoms with E-state index >= 15 is 0 Å². The molecule has 1 saturated carbocycles. The number of amides is 1. The number of hydrogen-bond donors (Lipinski definition) is 0. The van der Waals surface area contributed by atoms with E-state index in [1.165, 1.54) is 38.5 Å². The Kier molecular flexibility index (Phi) is 5.92. The van der Waals surface area contributed by atoms with Gasteiger partial charge in [0.05, 0.1) is 11.4 Å². The van der Waals surface area contributed by atoms with Crippen molar-refractivity contribution in [2.75, 3.05) is 31.1 Å². The molecule has 0 aromatic carbocycles. The largest absolute Gasteiger partial charge is 0.342 e. The average molecular weight is 423 g/mol. The van der Waals surface area contributed by atoms with Gasteiger partial charge in [-0.05, 0) is 50.5 Å². The van der Waals surface area contributed by atoms with Crippen LogP contribution in [0.3, 0.4) is 0 Å². The van der Waals surface area contributed by atoms with E-state index in [-0.39, 0.29) is 5.92 Å². The van der Waals surface area contributed by atoms with Crippen molar-refractivity contribution in [3.05, 3.63) is 24.2 Å². The number of hydrogen-bond acceptors (Lipinski definition) is 5. The van der Waals surface area contributed by atoms with E-state index in [9.17, 15) is 4.79 Å². The maximum Gasteiger partial charge on any atom is 0.225 e. The normalized spacial score (nSPS) is 22.4. The fraction of sp³-hybridized carbons (Fsp3) is 0.667. The fourth-order valence-corrected chi connectivity index (χ4v) is 5.59. The van der Waals surface area contributed by atoms with E-state index in [1.807, 2.05) is 24.0 Å². The third kappa shape index (κ3) is 4.46. The van der Waals surface area contributed by atoms with Crippen LogP contribution in [0.4, 0.5) is 5.95 Å². The lowest BCUT2D eigenvalue weighted by Gasteiger charge is -2.33. The first-order valence-electron chi connectivity index (χ1n) is 12.1. The molecular formula is C24H34N6O. The van der Waals surface area contributed by atoms with Crippen molar-refractivity contribution in [2.45, 2.75) is 63.7 Å². The lowest BCUT2D eigenvalue weighted by Crippen LogP contribution is -2.40. The Balaban J connectivity index is 1.35. The molecule has 7 nitrogen and oxygen atoms in total. The molecule has 31 heavy (non-hydrogen) atoms. The van der Waals surface area contributed by atoms with Crippen molar-refractivity contribution in [1.82, 2.24) is 24.6 Å². The average Bonchev–Trinajstić information content (AvgIpc) is 3.56. The van der Waals surface area contributed by atoms with Crippen molar-refractivity contribution < 1.29 is 4.79 Å². The Morgan fingerprint density at radius 3 is 2.68 bits per heavy atom. The smallest absolute Gasteiger partial charge is 0.225 e. The summed E-state index contributed by atoms with van der Waals surface area (Å²) in [5, 5.41) is 4.84. The van der Waals surface area contributed by atoms with Crippen LogP contribution in [0.1, 0.15) is 69.4 Å². The number of anilines is 1. The molecule has 166 valence electrons. The van der Waals surface area contributed by atoms with E-state index in [2.05, 4.69) is 21.0 Å². The molecule has 1 atom stereocenters. The van der Waals surface area contributed by atoms with E-state index < -0.39 is 0 Å². The molecule has 1 amide bonds. The summed E-state index contributed by atoms with van der Waals surface area (Å²) in [6, 6.07) is 1.99. The number of carbonyl (C=O) groups excluding carboxylic acids is 1. The van der Waals surface area contributed by atoms with Gasteiger partial charge in [-0.3, -0.25) is 9.48 Å². The second-order valence-corrected chi connectivity index (χ2v) is 9.57. The summed E-state index contributed by atoms with van der Waals surface area (Å²) in [5.74, 6) is 2.03. The minimum atomic E-state index is 0.266. The van der Waals surface area contributed by atoms with Crippen molar-refractivity contribution >= 4 is 11.9 Å². The zero-order chi connectivity index (χ0) is 21.2. The molecule has 1 aliphatic carbocycles. The molecule has 2 saturated heterocycles. The van der Waals surface area contributed by atoms with Gasteiger partial charge in [0.1, 0.15) is 0 Å². The first-order valence-corrected chi connectivity index (χ1v) is 12.1. The van der Waals surface area contributed by atoms with E-state index in [0.29, 0.717) is 11.8 Å². The van der Waals surface area contributed by atoms with Crippen molar-refractivity contribution in [1.29, 1.82) is 0 Å². The Morgan fingerprint density at radius 2 is 1.87 bits per heavy atom. The fourth-order valence-electron chi connectivity index (χ4n) is 5.59. The number of likely N-dealkylation sites (tertiary alicyclic amines) is 1. The minimum Gasteiger partial charge on any atom is -0.342 e. The zero-order valence-corrected chi connectivity index (χ0v) is 18.7. The number of piperidine rings is 1. The molecule has 0 unspecified atom stereocenters. The molecule has 7 heteroatoms. The predicted octanol–water partition coefficient (Wildman–Crippen LogP) is 3.76. The van der Waals surface area contributed by atoms with Crippen molar-refractivity contribution in [2.24, 2.45) is 13.0 Å². The summed E-state index contributed by atoms with van der Waals surface area (Å²) in [5.41, 5.74) is 3.10. The number of aryl methyl sites for hydroxylation is 1. The van der Waals surface area contributed by atoms with Crippen LogP contribution in [-0.2, 0) is 11.8 Å². The SMILES string of the molecule is Cn1cc(-c2ccnc(N3CCCC3)n2)c([C@@H]2CCCN(C(=O)CC3CCCC3)C2)n1. The highest BCUT2D eigenvalue weighted by atomic mass is 16.2. The third-order valence-corrected chi connectivity index (χ3v) is 7.26. The first kappa shape index (κ1) is 20.5. The topological polar surface area (TPSA) is 67.2 Å². The molecule has 0 radical (unpaired) electrons. The molecule has 2 aromatic rings. The minimum absolute atomic E-state index is 0.266. The molecule has 3 fully saturated rings. The van der Waals surface area contributed by atoms with Crippen LogP contribution in [-0.4, -0.2) is 56.7 Å². The maximum absolute atomic E-state index is 13.0. The lowest BCUT2D eigenvalue weighted by molar-refractivity contribution is -0.133. The number of rotatable bonds is 5. The van der Waals surface area contributed by atoms with E-state index in [4.69, 9.17) is 10.1 Å². The Hall–Kier alpha value is -2.44. The molecule has 0 bridgehead atoms. The Bertz CT molecular complexity index is 913. The molecular weight excluding hydrogens is 388 g/mol.